The van der Waals surface area contributed by atoms with Gasteiger partial charge in [0.2, 0.25) is 0 Å². The molecule has 3 atom stereocenters. The number of hydrogen-bond acceptors (Lipinski definition) is 7. The van der Waals surface area contributed by atoms with Crippen LogP contribution in [0.5, 0.6) is 0 Å². The number of nitrogens with zero attached hydrogens (tertiary/aromatic N) is 1. The van der Waals surface area contributed by atoms with Gasteiger partial charge in [0.1, 0.15) is 0 Å². The van der Waals surface area contributed by atoms with E-state index in [9.17, 15) is 9.90 Å². The molecular formula is C33H48N4O4. The number of amides is 1. The SMILES string of the molecule is COCc1cc2cc(c1)C(=O)N[C@H]([C@H](O)CNC1(c3cc(C(C)(C)C)ccn3)CC1)C[C@H](C)CCOCC=CCN2. The van der Waals surface area contributed by atoms with E-state index in [1.54, 1.807) is 7.11 Å². The van der Waals surface area contributed by atoms with E-state index in [0.717, 1.165) is 36.2 Å². The summed E-state index contributed by atoms with van der Waals surface area (Å²) in [4.78, 5) is 18.2. The van der Waals surface area contributed by atoms with Gasteiger partial charge in [0.05, 0.1) is 36.6 Å². The largest absolute Gasteiger partial charge is 0.390 e. The minimum absolute atomic E-state index is 0.0351. The molecule has 1 aromatic carbocycles. The van der Waals surface area contributed by atoms with Crippen LogP contribution in [0.2, 0.25) is 0 Å². The van der Waals surface area contributed by atoms with Gasteiger partial charge in [0, 0.05) is 44.3 Å². The predicted molar refractivity (Wildman–Crippen MR) is 163 cm³/mol. The highest BCUT2D eigenvalue weighted by atomic mass is 16.5. The molecule has 1 aromatic heterocycles. The number of anilines is 1. The lowest BCUT2D eigenvalue weighted by Crippen LogP contribution is -2.50. The molecule has 1 saturated carbocycles. The zero-order chi connectivity index (χ0) is 29.5. The number of nitrogens with one attached hydrogen (secondary N) is 3. The smallest absolute Gasteiger partial charge is 0.251 e. The second-order valence-electron chi connectivity index (χ2n) is 12.7. The Kier molecular flexibility index (Phi) is 10.6. The summed E-state index contributed by atoms with van der Waals surface area (Å²) in [5.74, 6) is 0.0470. The second-order valence-corrected chi connectivity index (χ2v) is 12.7. The third-order valence-electron chi connectivity index (χ3n) is 8.08. The molecule has 8 nitrogen and oxygen atoms in total. The summed E-state index contributed by atoms with van der Waals surface area (Å²) < 4.78 is 11.1. The van der Waals surface area contributed by atoms with Crippen LogP contribution in [-0.2, 0) is 27.0 Å². The highest BCUT2D eigenvalue weighted by Gasteiger charge is 2.46. The molecule has 0 spiro atoms. The van der Waals surface area contributed by atoms with Gasteiger partial charge in [-0.15, -0.1) is 0 Å². The summed E-state index contributed by atoms with van der Waals surface area (Å²) in [5.41, 5.74) is 4.37. The van der Waals surface area contributed by atoms with E-state index < -0.39 is 12.1 Å². The van der Waals surface area contributed by atoms with Crippen LogP contribution >= 0.6 is 0 Å². The number of pyridine rings is 1. The molecule has 0 unspecified atom stereocenters. The third-order valence-corrected chi connectivity index (χ3v) is 8.08. The average Bonchev–Trinajstić information content (AvgIpc) is 3.73. The number of fused-ring (bicyclic) bond motifs is 2. The van der Waals surface area contributed by atoms with Gasteiger partial charge in [-0.3, -0.25) is 9.78 Å². The van der Waals surface area contributed by atoms with Crippen LogP contribution < -0.4 is 16.0 Å². The van der Waals surface area contributed by atoms with Gasteiger partial charge in [-0.1, -0.05) is 39.8 Å². The zero-order valence-electron chi connectivity index (χ0n) is 25.3. The second kappa shape index (κ2) is 13.9. The fraction of sp³-hybridized carbons (Fsp3) is 0.576. The Labute approximate surface area is 245 Å². The van der Waals surface area contributed by atoms with Crippen molar-refractivity contribution in [2.75, 3.05) is 38.7 Å². The Hall–Kier alpha value is -2.78. The normalized spacial score (nSPS) is 22.4. The number of rotatable bonds is 7. The van der Waals surface area contributed by atoms with Gasteiger partial charge in [-0.05, 0) is 78.5 Å². The number of carbonyl (C=O) groups excluding carboxylic acids is 1. The molecule has 224 valence electrons. The van der Waals surface area contributed by atoms with Crippen molar-refractivity contribution in [1.82, 2.24) is 15.6 Å². The minimum atomic E-state index is -0.771. The Bertz CT molecular complexity index is 1190. The zero-order valence-corrected chi connectivity index (χ0v) is 25.3. The van der Waals surface area contributed by atoms with Gasteiger partial charge >= 0.3 is 0 Å². The van der Waals surface area contributed by atoms with Gasteiger partial charge < -0.3 is 30.5 Å². The number of aliphatic hydroxyl groups excluding tert-OH is 1. The summed E-state index contributed by atoms with van der Waals surface area (Å²) in [6.07, 6.45) is 8.58. The molecule has 8 heteroatoms. The molecule has 4 N–H and O–H groups in total. The first-order valence-corrected chi connectivity index (χ1v) is 14.9. The fourth-order valence-electron chi connectivity index (χ4n) is 5.30. The van der Waals surface area contributed by atoms with E-state index in [1.807, 2.05) is 36.5 Å². The van der Waals surface area contributed by atoms with Crippen LogP contribution in [0.15, 0.2) is 48.7 Å². The fourth-order valence-corrected chi connectivity index (χ4v) is 5.30. The molecular weight excluding hydrogens is 516 g/mol. The maximum absolute atomic E-state index is 13.6. The van der Waals surface area contributed by atoms with Crippen molar-refractivity contribution in [3.8, 4) is 0 Å². The van der Waals surface area contributed by atoms with Gasteiger partial charge in [0.15, 0.2) is 0 Å². The first-order valence-electron chi connectivity index (χ1n) is 14.9. The first kappa shape index (κ1) is 31.2. The van der Waals surface area contributed by atoms with Crippen LogP contribution in [0.4, 0.5) is 5.69 Å². The van der Waals surface area contributed by atoms with Gasteiger partial charge in [0.25, 0.3) is 5.91 Å². The van der Waals surface area contributed by atoms with Crippen LogP contribution in [-0.4, -0.2) is 61.6 Å². The van der Waals surface area contributed by atoms with Gasteiger partial charge in [-0.25, -0.2) is 0 Å². The van der Waals surface area contributed by atoms with Crippen molar-refractivity contribution in [2.24, 2.45) is 5.92 Å². The Morgan fingerprint density at radius 3 is 2.76 bits per heavy atom. The quantitative estimate of drug-likeness (QED) is 0.362. The van der Waals surface area contributed by atoms with E-state index in [4.69, 9.17) is 14.5 Å². The lowest BCUT2D eigenvalue weighted by Gasteiger charge is -2.29. The molecule has 2 bridgehead atoms. The Morgan fingerprint density at radius 1 is 1.22 bits per heavy atom. The van der Waals surface area contributed by atoms with E-state index in [1.165, 1.54) is 5.56 Å². The van der Waals surface area contributed by atoms with E-state index >= 15 is 0 Å². The molecule has 4 rings (SSSR count). The number of methoxy groups -OCH3 is 1. The highest BCUT2D eigenvalue weighted by molar-refractivity contribution is 5.95. The van der Waals surface area contributed by atoms with E-state index in [0.29, 0.717) is 44.9 Å². The summed E-state index contributed by atoms with van der Waals surface area (Å²) in [5, 5.41) is 21.6. The van der Waals surface area contributed by atoms with Gasteiger partial charge in [-0.2, -0.15) is 0 Å². The third kappa shape index (κ3) is 8.85. The molecule has 0 saturated heterocycles. The van der Waals surface area contributed by atoms with Crippen LogP contribution in [0.25, 0.3) is 0 Å². The van der Waals surface area contributed by atoms with E-state index in [-0.39, 0.29) is 22.8 Å². The molecule has 1 aliphatic heterocycles. The topological polar surface area (TPSA) is 105 Å². The van der Waals surface area contributed by atoms with Crippen molar-refractivity contribution in [2.45, 2.75) is 83.1 Å². The number of aliphatic hydroxyl groups is 1. The molecule has 2 aliphatic rings. The molecule has 2 aromatic rings. The number of hydrogen-bond donors (Lipinski definition) is 4. The maximum Gasteiger partial charge on any atom is 0.251 e. The molecule has 41 heavy (non-hydrogen) atoms. The Morgan fingerprint density at radius 2 is 2.02 bits per heavy atom. The van der Waals surface area contributed by atoms with Crippen molar-refractivity contribution in [3.05, 3.63) is 71.1 Å². The van der Waals surface area contributed by atoms with Crippen LogP contribution in [0, 0.1) is 5.92 Å². The first-order chi connectivity index (χ1) is 19.6. The molecule has 1 amide bonds. The molecule has 2 heterocycles. The lowest BCUT2D eigenvalue weighted by atomic mass is 9.86. The minimum Gasteiger partial charge on any atom is -0.390 e. The lowest BCUT2D eigenvalue weighted by molar-refractivity contribution is 0.0764. The van der Waals surface area contributed by atoms with Crippen molar-refractivity contribution >= 4 is 11.6 Å². The standard InChI is InChI=1S/C33H48N4O4/c1-23-9-15-41-14-7-6-12-34-27-18-24(22-40-5)17-25(19-27)31(39)37-28(16-23)29(38)21-36-33(10-11-33)30-20-26(8-13-35-30)32(2,3)4/h6-8,13,17-20,23,28-29,34,36,38H,9-12,14-16,21-22H2,1-5H3,(H,37,39)/t23-,28+,29-/m1/s1. The Balaban J connectivity index is 1.51. The van der Waals surface area contributed by atoms with Crippen LogP contribution in [0.3, 0.4) is 0 Å². The highest BCUT2D eigenvalue weighted by Crippen LogP contribution is 2.45. The molecule has 0 radical (unpaired) electrons. The van der Waals surface area contributed by atoms with Crippen molar-refractivity contribution in [1.29, 1.82) is 0 Å². The number of benzene rings is 1. The van der Waals surface area contributed by atoms with Crippen LogP contribution in [0.1, 0.15) is 80.6 Å². The molecule has 1 aliphatic carbocycles. The summed E-state index contributed by atoms with van der Waals surface area (Å²) >= 11 is 0. The average molecular weight is 565 g/mol. The molecule has 1 fully saturated rings. The van der Waals surface area contributed by atoms with Crippen molar-refractivity contribution < 1.29 is 19.4 Å². The number of ether oxygens (including phenoxy) is 2. The predicted octanol–water partition coefficient (Wildman–Crippen LogP) is 4.68. The van der Waals surface area contributed by atoms with E-state index in [2.05, 4.69) is 55.8 Å². The summed E-state index contributed by atoms with van der Waals surface area (Å²) in [7, 11) is 1.64. The summed E-state index contributed by atoms with van der Waals surface area (Å²) in [6.45, 7) is 11.3. The van der Waals surface area contributed by atoms with Crippen molar-refractivity contribution in [3.63, 3.8) is 0 Å². The maximum atomic E-state index is 13.6. The summed E-state index contributed by atoms with van der Waals surface area (Å²) in [6, 6.07) is 9.54. The number of aromatic nitrogens is 1. The monoisotopic (exact) mass is 564 g/mol. The number of carbonyl (C=O) groups is 1.